The van der Waals surface area contributed by atoms with Crippen LogP contribution in [0.1, 0.15) is 96.8 Å². The predicted molar refractivity (Wildman–Crippen MR) is 98.2 cm³/mol. The van der Waals surface area contributed by atoms with Crippen molar-refractivity contribution in [1.82, 2.24) is 0 Å². The zero-order chi connectivity index (χ0) is 15.9. The van der Waals surface area contributed by atoms with E-state index >= 15 is 0 Å². The van der Waals surface area contributed by atoms with Crippen LogP contribution in [0.15, 0.2) is 35.6 Å². The van der Waals surface area contributed by atoms with E-state index in [1.54, 1.807) is 0 Å². The molecule has 1 rings (SSSR count). The van der Waals surface area contributed by atoms with Crippen LogP contribution < -0.4 is 0 Å². The molecular formula is C21H36O. The van der Waals surface area contributed by atoms with Crippen molar-refractivity contribution in [2.24, 2.45) is 0 Å². The lowest BCUT2D eigenvalue weighted by Crippen LogP contribution is -1.87. The van der Waals surface area contributed by atoms with Crippen molar-refractivity contribution in [3.05, 3.63) is 35.6 Å². The van der Waals surface area contributed by atoms with E-state index in [0.29, 0.717) is 5.76 Å². The topological polar surface area (TPSA) is 20.2 Å². The SMILES string of the molecule is CCCCCCCCCCCCCCCC(O)=C1C=CC=C1. The van der Waals surface area contributed by atoms with Crippen LogP contribution in [-0.2, 0) is 0 Å². The van der Waals surface area contributed by atoms with E-state index in [1.165, 1.54) is 77.0 Å². The Balaban J connectivity index is 1.79. The molecule has 0 aliphatic heterocycles. The van der Waals surface area contributed by atoms with Crippen molar-refractivity contribution >= 4 is 0 Å². The minimum atomic E-state index is 0.563. The van der Waals surface area contributed by atoms with Gasteiger partial charge in [0.1, 0.15) is 0 Å². The molecule has 1 aliphatic carbocycles. The number of hydrogen-bond acceptors (Lipinski definition) is 1. The summed E-state index contributed by atoms with van der Waals surface area (Å²) in [6.45, 7) is 2.28. The van der Waals surface area contributed by atoms with Gasteiger partial charge in [-0.3, -0.25) is 0 Å². The van der Waals surface area contributed by atoms with Crippen LogP contribution in [0.3, 0.4) is 0 Å². The molecule has 0 heterocycles. The maximum atomic E-state index is 9.90. The van der Waals surface area contributed by atoms with Crippen LogP contribution in [0.25, 0.3) is 0 Å². The number of hydrogen-bond donors (Lipinski definition) is 1. The Hall–Kier alpha value is -0.980. The number of allylic oxidation sites excluding steroid dienone is 6. The van der Waals surface area contributed by atoms with Gasteiger partial charge in [-0.05, 0) is 6.42 Å². The Morgan fingerprint density at radius 1 is 0.682 bits per heavy atom. The lowest BCUT2D eigenvalue weighted by molar-refractivity contribution is 0.377. The van der Waals surface area contributed by atoms with Gasteiger partial charge in [0, 0.05) is 12.0 Å². The summed E-state index contributed by atoms with van der Waals surface area (Å²) in [6.07, 6.45) is 26.6. The van der Waals surface area contributed by atoms with Crippen molar-refractivity contribution in [3.63, 3.8) is 0 Å². The first-order valence-electron chi connectivity index (χ1n) is 9.61. The highest BCUT2D eigenvalue weighted by molar-refractivity contribution is 5.41. The molecule has 126 valence electrons. The molecule has 0 aromatic carbocycles. The minimum Gasteiger partial charge on any atom is -0.512 e. The average Bonchev–Trinajstić information content (AvgIpc) is 3.06. The molecule has 0 atom stereocenters. The summed E-state index contributed by atoms with van der Waals surface area (Å²) in [6, 6.07) is 0. The molecule has 0 saturated heterocycles. The Labute approximate surface area is 138 Å². The van der Waals surface area contributed by atoms with E-state index in [0.717, 1.165) is 18.4 Å². The summed E-state index contributed by atoms with van der Waals surface area (Å²) in [5.41, 5.74) is 0.999. The van der Waals surface area contributed by atoms with Gasteiger partial charge in [0.15, 0.2) is 0 Å². The third-order valence-corrected chi connectivity index (χ3v) is 4.51. The molecule has 0 aromatic heterocycles. The second kappa shape index (κ2) is 13.7. The lowest BCUT2D eigenvalue weighted by Gasteiger charge is -2.04. The Bertz CT molecular complexity index is 335. The van der Waals surface area contributed by atoms with Crippen LogP contribution in [0.5, 0.6) is 0 Å². The highest BCUT2D eigenvalue weighted by Crippen LogP contribution is 2.18. The zero-order valence-corrected chi connectivity index (χ0v) is 14.7. The van der Waals surface area contributed by atoms with Gasteiger partial charge >= 0.3 is 0 Å². The number of aliphatic hydroxyl groups excluding tert-OH is 1. The summed E-state index contributed by atoms with van der Waals surface area (Å²) in [5, 5.41) is 9.90. The van der Waals surface area contributed by atoms with Gasteiger partial charge in [-0.15, -0.1) is 0 Å². The minimum absolute atomic E-state index is 0.563. The van der Waals surface area contributed by atoms with E-state index in [1.807, 2.05) is 24.3 Å². The van der Waals surface area contributed by atoms with Crippen molar-refractivity contribution in [2.75, 3.05) is 0 Å². The van der Waals surface area contributed by atoms with E-state index < -0.39 is 0 Å². The molecule has 0 unspecified atom stereocenters. The van der Waals surface area contributed by atoms with Crippen molar-refractivity contribution in [3.8, 4) is 0 Å². The molecule has 1 N–H and O–H groups in total. The Morgan fingerprint density at radius 3 is 1.55 bits per heavy atom. The maximum Gasteiger partial charge on any atom is 0.0994 e. The highest BCUT2D eigenvalue weighted by Gasteiger charge is 2.02. The molecule has 0 aromatic rings. The monoisotopic (exact) mass is 304 g/mol. The molecule has 1 heteroatoms. The average molecular weight is 305 g/mol. The third-order valence-electron chi connectivity index (χ3n) is 4.51. The van der Waals surface area contributed by atoms with E-state index in [2.05, 4.69) is 6.92 Å². The first kappa shape index (κ1) is 19.1. The Morgan fingerprint density at radius 2 is 1.09 bits per heavy atom. The smallest absolute Gasteiger partial charge is 0.0994 e. The molecule has 0 saturated carbocycles. The first-order chi connectivity index (χ1) is 10.8. The normalized spacial score (nSPS) is 13.2. The standard InChI is InChI=1S/C21H36O/c1-2-3-4-5-6-7-8-9-10-11-12-13-14-19-21(22)20-17-15-16-18-20/h15-18,22H,2-14,19H2,1H3. The summed E-state index contributed by atoms with van der Waals surface area (Å²) >= 11 is 0. The van der Waals surface area contributed by atoms with Gasteiger partial charge in [-0.2, -0.15) is 0 Å². The third kappa shape index (κ3) is 9.87. The second-order valence-corrected chi connectivity index (χ2v) is 6.61. The molecule has 0 fully saturated rings. The quantitative estimate of drug-likeness (QED) is 0.262. The van der Waals surface area contributed by atoms with Crippen LogP contribution in [0.2, 0.25) is 0 Å². The van der Waals surface area contributed by atoms with Crippen molar-refractivity contribution in [1.29, 1.82) is 0 Å². The van der Waals surface area contributed by atoms with E-state index in [4.69, 9.17) is 0 Å². The highest BCUT2D eigenvalue weighted by atomic mass is 16.3. The molecule has 1 nitrogen and oxygen atoms in total. The molecule has 0 bridgehead atoms. The van der Waals surface area contributed by atoms with Gasteiger partial charge in [0.2, 0.25) is 0 Å². The lowest BCUT2D eigenvalue weighted by atomic mass is 10.0. The second-order valence-electron chi connectivity index (χ2n) is 6.61. The summed E-state index contributed by atoms with van der Waals surface area (Å²) in [4.78, 5) is 0. The van der Waals surface area contributed by atoms with Gasteiger partial charge in [0.25, 0.3) is 0 Å². The van der Waals surface area contributed by atoms with Crippen LogP contribution in [-0.4, -0.2) is 5.11 Å². The predicted octanol–water partition coefficient (Wildman–Crippen LogP) is 7.41. The number of unbranched alkanes of at least 4 members (excludes halogenated alkanes) is 12. The van der Waals surface area contributed by atoms with Crippen molar-refractivity contribution in [2.45, 2.75) is 96.8 Å². The van der Waals surface area contributed by atoms with Crippen LogP contribution in [0, 0.1) is 0 Å². The molecule has 1 aliphatic rings. The molecule has 0 amide bonds. The first-order valence-corrected chi connectivity index (χ1v) is 9.61. The van der Waals surface area contributed by atoms with E-state index in [-0.39, 0.29) is 0 Å². The Kier molecular flexibility index (Phi) is 11.8. The van der Waals surface area contributed by atoms with Gasteiger partial charge in [-0.25, -0.2) is 0 Å². The fraction of sp³-hybridized carbons (Fsp3) is 0.714. The van der Waals surface area contributed by atoms with Gasteiger partial charge < -0.3 is 5.11 Å². The molecule has 0 spiro atoms. The fourth-order valence-corrected chi connectivity index (χ4v) is 3.02. The molecule has 22 heavy (non-hydrogen) atoms. The molecule has 0 radical (unpaired) electrons. The zero-order valence-electron chi connectivity index (χ0n) is 14.7. The number of aliphatic hydroxyl groups is 1. The van der Waals surface area contributed by atoms with Gasteiger partial charge in [-0.1, -0.05) is 108 Å². The fourth-order valence-electron chi connectivity index (χ4n) is 3.02. The largest absolute Gasteiger partial charge is 0.512 e. The summed E-state index contributed by atoms with van der Waals surface area (Å²) < 4.78 is 0. The van der Waals surface area contributed by atoms with Crippen LogP contribution in [0.4, 0.5) is 0 Å². The maximum absolute atomic E-state index is 9.90. The van der Waals surface area contributed by atoms with Crippen LogP contribution >= 0.6 is 0 Å². The summed E-state index contributed by atoms with van der Waals surface area (Å²) in [5.74, 6) is 0.563. The van der Waals surface area contributed by atoms with Crippen molar-refractivity contribution < 1.29 is 5.11 Å². The summed E-state index contributed by atoms with van der Waals surface area (Å²) in [7, 11) is 0. The van der Waals surface area contributed by atoms with Gasteiger partial charge in [0.05, 0.1) is 5.76 Å². The molecular weight excluding hydrogens is 268 g/mol. The number of rotatable bonds is 14. The van der Waals surface area contributed by atoms with E-state index in [9.17, 15) is 5.11 Å².